The van der Waals surface area contributed by atoms with Crippen LogP contribution in [0.5, 0.6) is 0 Å². The molecule has 0 bridgehead atoms. The van der Waals surface area contributed by atoms with E-state index in [1.165, 1.54) is 0 Å². The zero-order valence-electron chi connectivity index (χ0n) is 14.7. The number of aryl methyl sites for hydroxylation is 1. The number of nitrogens with two attached hydrogens (primary N) is 1. The molecule has 0 amide bonds. The molecule has 4 rings (SSSR count). The minimum Gasteiger partial charge on any atom is -0.368 e. The van der Waals surface area contributed by atoms with Gasteiger partial charge in [0.15, 0.2) is 0 Å². The van der Waals surface area contributed by atoms with Crippen LogP contribution in [0.2, 0.25) is 5.02 Å². The van der Waals surface area contributed by atoms with Gasteiger partial charge in [-0.3, -0.25) is 15.8 Å². The van der Waals surface area contributed by atoms with Gasteiger partial charge in [-0.2, -0.15) is 15.0 Å². The van der Waals surface area contributed by atoms with Crippen LogP contribution in [0.3, 0.4) is 0 Å². The lowest BCUT2D eigenvalue weighted by Crippen LogP contribution is -2.36. The third-order valence-electron chi connectivity index (χ3n) is 5.15. The fourth-order valence-corrected chi connectivity index (χ4v) is 4.02. The molecule has 1 saturated heterocycles. The van der Waals surface area contributed by atoms with E-state index < -0.39 is 0 Å². The number of hydrogen-bond donors (Lipinski definition) is 4. The molecule has 2 aliphatic rings. The number of anilines is 2. The normalized spacial score (nSPS) is 25.1. The molecule has 0 aromatic carbocycles. The van der Waals surface area contributed by atoms with E-state index in [1.54, 1.807) is 6.20 Å². The molecule has 2 aromatic heterocycles. The Balaban J connectivity index is 1.47. The number of nitrogens with one attached hydrogen (secondary N) is 3. The van der Waals surface area contributed by atoms with Gasteiger partial charge in [0.25, 0.3) is 0 Å². The van der Waals surface area contributed by atoms with Gasteiger partial charge in [-0.05, 0) is 43.7 Å². The molecule has 5 N–H and O–H groups in total. The van der Waals surface area contributed by atoms with Crippen molar-refractivity contribution in [3.8, 4) is 0 Å². The number of fused-ring (bicyclic) bond motifs is 1. The Morgan fingerprint density at radius 2 is 2.19 bits per heavy atom. The van der Waals surface area contributed by atoms with Crippen molar-refractivity contribution >= 4 is 23.5 Å². The number of pyridine rings is 1. The zero-order valence-corrected chi connectivity index (χ0v) is 15.4. The maximum atomic E-state index is 6.24. The quantitative estimate of drug-likeness (QED) is 0.640. The van der Waals surface area contributed by atoms with Crippen molar-refractivity contribution in [3.63, 3.8) is 0 Å². The topological polar surface area (TPSA) is 114 Å². The van der Waals surface area contributed by atoms with E-state index in [0.29, 0.717) is 29.5 Å². The van der Waals surface area contributed by atoms with Gasteiger partial charge in [-0.1, -0.05) is 11.6 Å². The van der Waals surface area contributed by atoms with Crippen molar-refractivity contribution < 1.29 is 0 Å². The van der Waals surface area contributed by atoms with Gasteiger partial charge in [0.1, 0.15) is 5.82 Å². The van der Waals surface area contributed by atoms with Crippen molar-refractivity contribution in [1.82, 2.24) is 30.8 Å². The predicted molar refractivity (Wildman–Crippen MR) is 101 cm³/mol. The first kappa shape index (κ1) is 17.4. The van der Waals surface area contributed by atoms with Gasteiger partial charge in [0, 0.05) is 24.7 Å². The molecule has 0 spiro atoms. The molecule has 9 heteroatoms. The molecule has 3 heterocycles. The summed E-state index contributed by atoms with van der Waals surface area (Å²) in [5.41, 5.74) is 14.3. The summed E-state index contributed by atoms with van der Waals surface area (Å²) in [5, 5.41) is 3.79. The number of hydrogen-bond acceptors (Lipinski definition) is 8. The van der Waals surface area contributed by atoms with Gasteiger partial charge in [0.2, 0.25) is 11.9 Å². The molecular weight excluding hydrogens is 352 g/mol. The summed E-state index contributed by atoms with van der Waals surface area (Å²) in [4.78, 5) is 17.5. The van der Waals surface area contributed by atoms with Crippen LogP contribution in [0, 0.1) is 12.8 Å². The number of halogens is 1. The monoisotopic (exact) mass is 374 g/mol. The van der Waals surface area contributed by atoms with Crippen LogP contribution in [-0.2, 0) is 6.54 Å². The standard InChI is InChI=1S/C17H23ClN8/c1-9-4-12(18)14(20-6-9)8-21-17-24-15(23-16(19)25-17)10-2-3-11-7-22-26-13(11)5-10/h4,6,10-11,13,22,26H,2-3,5,7-8H2,1H3,(H3,19,21,23,24,25). The van der Waals surface area contributed by atoms with Crippen LogP contribution < -0.4 is 21.9 Å². The van der Waals surface area contributed by atoms with Crippen LogP contribution in [0.4, 0.5) is 11.9 Å². The van der Waals surface area contributed by atoms with Crippen molar-refractivity contribution in [2.24, 2.45) is 5.92 Å². The molecule has 138 valence electrons. The average molecular weight is 375 g/mol. The predicted octanol–water partition coefficient (Wildman–Crippen LogP) is 1.78. The third kappa shape index (κ3) is 3.72. The summed E-state index contributed by atoms with van der Waals surface area (Å²) in [6.45, 7) is 3.43. The van der Waals surface area contributed by atoms with Crippen LogP contribution in [0.1, 0.15) is 42.3 Å². The molecular formula is C17H23ClN8. The Labute approximate surface area is 157 Å². The number of rotatable bonds is 4. The van der Waals surface area contributed by atoms with Crippen LogP contribution in [0.25, 0.3) is 0 Å². The van der Waals surface area contributed by atoms with Crippen molar-refractivity contribution in [3.05, 3.63) is 34.4 Å². The molecule has 26 heavy (non-hydrogen) atoms. The summed E-state index contributed by atoms with van der Waals surface area (Å²) in [6.07, 6.45) is 5.02. The molecule has 1 saturated carbocycles. The maximum absolute atomic E-state index is 6.24. The van der Waals surface area contributed by atoms with Gasteiger partial charge < -0.3 is 11.1 Å². The fourth-order valence-electron chi connectivity index (χ4n) is 3.74. The molecule has 2 aromatic rings. The number of aromatic nitrogens is 4. The summed E-state index contributed by atoms with van der Waals surface area (Å²) in [6, 6.07) is 2.36. The Morgan fingerprint density at radius 3 is 3.04 bits per heavy atom. The summed E-state index contributed by atoms with van der Waals surface area (Å²) in [7, 11) is 0. The second-order valence-corrected chi connectivity index (χ2v) is 7.48. The van der Waals surface area contributed by atoms with E-state index >= 15 is 0 Å². The molecule has 2 fully saturated rings. The lowest BCUT2D eigenvalue weighted by Gasteiger charge is -2.29. The molecule has 3 atom stereocenters. The number of nitrogens with zero attached hydrogens (tertiary/aromatic N) is 4. The highest BCUT2D eigenvalue weighted by Crippen LogP contribution is 2.36. The first-order chi connectivity index (χ1) is 12.6. The van der Waals surface area contributed by atoms with E-state index in [4.69, 9.17) is 17.3 Å². The Bertz CT molecular complexity index is 798. The second-order valence-electron chi connectivity index (χ2n) is 7.07. The van der Waals surface area contributed by atoms with E-state index in [1.807, 2.05) is 13.0 Å². The maximum Gasteiger partial charge on any atom is 0.228 e. The highest BCUT2D eigenvalue weighted by atomic mass is 35.5. The summed E-state index contributed by atoms with van der Waals surface area (Å²) in [5.74, 6) is 2.44. The highest BCUT2D eigenvalue weighted by molar-refractivity contribution is 6.31. The van der Waals surface area contributed by atoms with E-state index in [2.05, 4.69) is 36.1 Å². The lowest BCUT2D eigenvalue weighted by molar-refractivity contribution is 0.296. The fraction of sp³-hybridized carbons (Fsp3) is 0.529. The molecule has 0 radical (unpaired) electrons. The Hall–Kier alpha value is -2.03. The van der Waals surface area contributed by atoms with Crippen molar-refractivity contribution in [2.45, 2.75) is 44.7 Å². The minimum absolute atomic E-state index is 0.236. The van der Waals surface area contributed by atoms with Gasteiger partial charge in [0.05, 0.1) is 17.3 Å². The van der Waals surface area contributed by atoms with Crippen LogP contribution in [-0.4, -0.2) is 32.5 Å². The Kier molecular flexibility index (Phi) is 4.88. The molecule has 8 nitrogen and oxygen atoms in total. The largest absolute Gasteiger partial charge is 0.368 e. The van der Waals surface area contributed by atoms with E-state index in [9.17, 15) is 0 Å². The molecule has 1 aliphatic carbocycles. The van der Waals surface area contributed by atoms with Crippen molar-refractivity contribution in [2.75, 3.05) is 17.6 Å². The number of nitrogen functional groups attached to an aromatic ring is 1. The SMILES string of the molecule is Cc1cnc(CNc2nc(N)nc(C3CCC4CNNC4C3)n2)c(Cl)c1. The second kappa shape index (κ2) is 7.30. The van der Waals surface area contributed by atoms with E-state index in [-0.39, 0.29) is 11.9 Å². The van der Waals surface area contributed by atoms with Crippen LogP contribution >= 0.6 is 11.6 Å². The summed E-state index contributed by atoms with van der Waals surface area (Å²) >= 11 is 6.24. The molecule has 1 aliphatic heterocycles. The van der Waals surface area contributed by atoms with Gasteiger partial charge in [-0.25, -0.2) is 0 Å². The van der Waals surface area contributed by atoms with E-state index in [0.717, 1.165) is 42.9 Å². The summed E-state index contributed by atoms with van der Waals surface area (Å²) < 4.78 is 0. The first-order valence-corrected chi connectivity index (χ1v) is 9.31. The first-order valence-electron chi connectivity index (χ1n) is 8.93. The Morgan fingerprint density at radius 1 is 1.31 bits per heavy atom. The minimum atomic E-state index is 0.236. The molecule has 3 unspecified atom stereocenters. The third-order valence-corrected chi connectivity index (χ3v) is 5.48. The van der Waals surface area contributed by atoms with Crippen molar-refractivity contribution in [1.29, 1.82) is 0 Å². The number of hydrazine groups is 1. The highest BCUT2D eigenvalue weighted by Gasteiger charge is 2.35. The van der Waals surface area contributed by atoms with Gasteiger partial charge in [-0.15, -0.1) is 0 Å². The van der Waals surface area contributed by atoms with Gasteiger partial charge >= 0.3 is 0 Å². The smallest absolute Gasteiger partial charge is 0.228 e. The lowest BCUT2D eigenvalue weighted by atomic mass is 9.79. The average Bonchev–Trinajstić information content (AvgIpc) is 3.08. The van der Waals surface area contributed by atoms with Crippen LogP contribution in [0.15, 0.2) is 12.3 Å². The zero-order chi connectivity index (χ0) is 18.1.